The quantitative estimate of drug-likeness (QED) is 0.0860. The number of benzene rings is 6. The minimum Gasteiger partial charge on any atom is -0.284 e. The van der Waals surface area contributed by atoms with Gasteiger partial charge in [0.2, 0.25) is 0 Å². The number of thiocarbonyl (C=S) groups is 1. The van der Waals surface area contributed by atoms with Crippen molar-refractivity contribution in [1.82, 2.24) is 31.3 Å². The number of carbonyl (C=O) groups is 5. The van der Waals surface area contributed by atoms with Gasteiger partial charge in [-0.25, -0.2) is 15.0 Å². The van der Waals surface area contributed by atoms with Gasteiger partial charge in [-0.2, -0.15) is 26.3 Å². The Balaban J connectivity index is 0.000000254. The first-order valence-corrected chi connectivity index (χ1v) is 25.1. The van der Waals surface area contributed by atoms with E-state index >= 15 is 0 Å². The van der Waals surface area contributed by atoms with Crippen molar-refractivity contribution in [3.8, 4) is 0 Å². The first kappa shape index (κ1) is 63.3. The molecule has 6 aromatic carbocycles. The van der Waals surface area contributed by atoms with Crippen LogP contribution in [0.3, 0.4) is 0 Å². The number of alkyl halides is 6. The van der Waals surface area contributed by atoms with Gasteiger partial charge in [-0.05, 0) is 173 Å². The molecule has 0 saturated heterocycles. The van der Waals surface area contributed by atoms with Gasteiger partial charge in [0.15, 0.2) is 0 Å². The summed E-state index contributed by atoms with van der Waals surface area (Å²) in [6.07, 6.45) is -9.13. The third kappa shape index (κ3) is 18.4. The minimum atomic E-state index is -4.57. The number of aryl methyl sites for hydroxylation is 2. The van der Waals surface area contributed by atoms with E-state index in [0.29, 0.717) is 26.2 Å². The number of amides is 5. The molecule has 0 saturated carbocycles. The molecular weight excluding hydrogens is 1080 g/mol. The van der Waals surface area contributed by atoms with Gasteiger partial charge in [0.05, 0.1) is 27.7 Å². The van der Waals surface area contributed by atoms with Gasteiger partial charge < -0.3 is 0 Å². The molecule has 0 radical (unpaired) electrons. The lowest BCUT2D eigenvalue weighted by atomic mass is 10.0. The van der Waals surface area contributed by atoms with E-state index in [-0.39, 0.29) is 22.6 Å². The SMILES string of the molecule is CC(C)(C)N(NC(=O)c1cccc(C(F)(F)F)c1)C(=O)c1ccc(Cl)cc1.CC(C)(C)N(NC(=S)c1ccccc1)C(=O)c1ccc(Cl)cc1.Cc1cc(C)cc(C(=O)N(NC(=O)c2cccc(C(F)(F)F)c2)C(C)(C)C)c1. The molecule has 414 valence electrons. The normalized spacial score (nSPS) is 11.6. The number of hydrazine groups is 3. The lowest BCUT2D eigenvalue weighted by Crippen LogP contribution is -2.55. The van der Waals surface area contributed by atoms with Crippen LogP contribution in [0.5, 0.6) is 0 Å². The van der Waals surface area contributed by atoms with Gasteiger partial charge in [-0.1, -0.05) is 95.1 Å². The Morgan fingerprint density at radius 3 is 1.05 bits per heavy atom. The second-order valence-electron chi connectivity index (χ2n) is 20.7. The Bertz CT molecular complexity index is 3080. The highest BCUT2D eigenvalue weighted by Crippen LogP contribution is 2.31. The van der Waals surface area contributed by atoms with E-state index in [1.165, 1.54) is 36.4 Å². The second-order valence-corrected chi connectivity index (χ2v) is 22.0. The molecule has 0 aliphatic heterocycles. The Hall–Kier alpha value is -7.28. The van der Waals surface area contributed by atoms with E-state index in [2.05, 4.69) is 16.3 Å². The summed E-state index contributed by atoms with van der Waals surface area (Å²) in [7, 11) is 0. The van der Waals surface area contributed by atoms with Gasteiger partial charge in [0.1, 0.15) is 4.99 Å². The third-order valence-electron chi connectivity index (χ3n) is 10.9. The van der Waals surface area contributed by atoms with Crippen molar-refractivity contribution in [2.24, 2.45) is 0 Å². The number of hydrogen-bond acceptors (Lipinski definition) is 6. The van der Waals surface area contributed by atoms with Crippen LogP contribution >= 0.6 is 35.4 Å². The molecule has 6 rings (SSSR count). The fraction of sp³-hybridized carbons (Fsp3) is 0.276. The van der Waals surface area contributed by atoms with Crippen molar-refractivity contribution in [1.29, 1.82) is 0 Å². The van der Waals surface area contributed by atoms with Crippen molar-refractivity contribution in [3.05, 3.63) is 211 Å². The highest BCUT2D eigenvalue weighted by atomic mass is 35.5. The van der Waals surface area contributed by atoms with E-state index in [9.17, 15) is 50.3 Å². The van der Waals surface area contributed by atoms with E-state index < -0.39 is 63.7 Å². The van der Waals surface area contributed by atoms with Crippen LogP contribution in [0.2, 0.25) is 10.0 Å². The smallest absolute Gasteiger partial charge is 0.284 e. The van der Waals surface area contributed by atoms with Crippen LogP contribution < -0.4 is 16.3 Å². The van der Waals surface area contributed by atoms with E-state index in [1.807, 2.05) is 71.0 Å². The zero-order chi connectivity index (χ0) is 58.7. The van der Waals surface area contributed by atoms with Gasteiger partial charge in [0.25, 0.3) is 29.5 Å². The fourth-order valence-electron chi connectivity index (χ4n) is 7.00. The van der Waals surface area contributed by atoms with Crippen LogP contribution in [0.15, 0.2) is 146 Å². The van der Waals surface area contributed by atoms with Crippen molar-refractivity contribution >= 4 is 69.9 Å². The first-order valence-electron chi connectivity index (χ1n) is 23.9. The molecule has 0 aliphatic rings. The largest absolute Gasteiger partial charge is 0.416 e. The highest BCUT2D eigenvalue weighted by molar-refractivity contribution is 7.80. The summed E-state index contributed by atoms with van der Waals surface area (Å²) >= 11 is 17.1. The van der Waals surface area contributed by atoms with Gasteiger partial charge in [-0.3, -0.25) is 40.3 Å². The average molecular weight is 1140 g/mol. The highest BCUT2D eigenvalue weighted by Gasteiger charge is 2.35. The van der Waals surface area contributed by atoms with Crippen LogP contribution in [0.4, 0.5) is 26.3 Å². The zero-order valence-electron chi connectivity index (χ0n) is 44.7. The molecule has 0 aliphatic carbocycles. The maximum atomic E-state index is 13.0. The Morgan fingerprint density at radius 2 is 0.718 bits per heavy atom. The van der Waals surface area contributed by atoms with Crippen LogP contribution in [0.1, 0.15) is 142 Å². The molecule has 0 heterocycles. The summed E-state index contributed by atoms with van der Waals surface area (Å²) in [6, 6.07) is 35.8. The van der Waals surface area contributed by atoms with Crippen LogP contribution in [-0.2, 0) is 12.4 Å². The topological polar surface area (TPSA) is 131 Å². The average Bonchev–Trinajstić information content (AvgIpc) is 3.35. The minimum absolute atomic E-state index is 0.160. The summed E-state index contributed by atoms with van der Waals surface area (Å²) in [6.45, 7) is 19.8. The maximum Gasteiger partial charge on any atom is 0.416 e. The lowest BCUT2D eigenvalue weighted by Gasteiger charge is -2.36. The zero-order valence-corrected chi connectivity index (χ0v) is 47.0. The monoisotopic (exact) mass is 1140 g/mol. The fourth-order valence-corrected chi connectivity index (χ4v) is 7.48. The number of halogens is 8. The van der Waals surface area contributed by atoms with Crippen molar-refractivity contribution in [3.63, 3.8) is 0 Å². The van der Waals surface area contributed by atoms with E-state index in [1.54, 1.807) is 82.9 Å². The predicted octanol–water partition coefficient (Wildman–Crippen LogP) is 14.3. The van der Waals surface area contributed by atoms with Crippen LogP contribution in [0.25, 0.3) is 0 Å². The van der Waals surface area contributed by atoms with Crippen molar-refractivity contribution in [2.75, 3.05) is 0 Å². The molecule has 20 heteroatoms. The van der Waals surface area contributed by atoms with E-state index in [0.717, 1.165) is 63.1 Å². The predicted molar refractivity (Wildman–Crippen MR) is 296 cm³/mol. The maximum absolute atomic E-state index is 13.0. The molecule has 3 N–H and O–H groups in total. The standard InChI is InChI=1S/C21H23F3N2O2.C19H18ClF3N2O2.C18H19ClN2OS/c1-13-9-14(2)11-16(10-13)19(28)26(20(3,4)5)25-18(27)15-7-6-8-17(12-15)21(22,23)24;1-18(2,3)25(17(27)12-7-9-15(20)10-8-12)24-16(26)13-5-4-6-14(11-13)19(21,22)23;1-18(2,3)21(17(22)14-9-11-15(19)12-10-14)20-16(23)13-7-5-4-6-8-13/h6-12H,1-5H3,(H,25,27);4-11H,1-3H3,(H,24,26);4-12H,1-3H3,(H,20,23). The summed E-state index contributed by atoms with van der Waals surface area (Å²) in [5, 5.41) is 4.81. The summed E-state index contributed by atoms with van der Waals surface area (Å²) in [5.41, 5.74) is 7.46. The number of nitrogens with one attached hydrogen (secondary N) is 3. The second kappa shape index (κ2) is 25.9. The number of carbonyl (C=O) groups excluding carboxylic acids is 5. The summed E-state index contributed by atoms with van der Waals surface area (Å²) in [4.78, 5) is 64.2. The van der Waals surface area contributed by atoms with E-state index in [4.69, 9.17) is 35.4 Å². The molecule has 0 aromatic heterocycles. The molecule has 11 nitrogen and oxygen atoms in total. The first-order chi connectivity index (χ1) is 36.0. The van der Waals surface area contributed by atoms with Gasteiger partial charge in [0, 0.05) is 43.4 Å². The Labute approximate surface area is 465 Å². The van der Waals surface area contributed by atoms with Crippen molar-refractivity contribution in [2.45, 2.75) is 105 Å². The molecular formula is C58H60Cl2F6N6O5S. The Morgan fingerprint density at radius 1 is 0.397 bits per heavy atom. The molecule has 0 unspecified atom stereocenters. The molecule has 0 atom stereocenters. The van der Waals surface area contributed by atoms with Crippen LogP contribution in [-0.4, -0.2) is 66.2 Å². The molecule has 6 aromatic rings. The molecule has 78 heavy (non-hydrogen) atoms. The van der Waals surface area contributed by atoms with Crippen molar-refractivity contribution < 1.29 is 50.3 Å². The van der Waals surface area contributed by atoms with Gasteiger partial charge >= 0.3 is 12.4 Å². The van der Waals surface area contributed by atoms with Crippen LogP contribution in [0, 0.1) is 13.8 Å². The summed E-state index contributed by atoms with van der Waals surface area (Å²) < 4.78 is 77.3. The Kier molecular flexibility index (Phi) is 21.0. The number of hydrogen-bond donors (Lipinski definition) is 3. The molecule has 5 amide bonds. The number of nitrogens with zero attached hydrogens (tertiary/aromatic N) is 3. The number of rotatable bonds is 6. The summed E-state index contributed by atoms with van der Waals surface area (Å²) in [5.74, 6) is -2.73. The third-order valence-corrected chi connectivity index (χ3v) is 11.7. The lowest BCUT2D eigenvalue weighted by molar-refractivity contribution is -0.138. The molecule has 0 spiro atoms. The molecule has 0 fully saturated rings. The van der Waals surface area contributed by atoms with Gasteiger partial charge in [-0.15, -0.1) is 0 Å². The molecule has 0 bridgehead atoms.